The molecule has 0 amide bonds. The van der Waals surface area contributed by atoms with Crippen LogP contribution in [0.5, 0.6) is 6.01 Å². The second-order valence-electron chi connectivity index (χ2n) is 15.6. The highest BCUT2D eigenvalue weighted by atomic mass is 19.4. The average molecular weight is 721 g/mol. The second kappa shape index (κ2) is 10.7. The van der Waals surface area contributed by atoms with E-state index >= 15 is 4.39 Å². The lowest BCUT2D eigenvalue weighted by molar-refractivity contribution is -0.137. The Balaban J connectivity index is 1.29. The molecule has 5 aliphatic heterocycles. The lowest BCUT2D eigenvalue weighted by Crippen LogP contribution is -2.58. The van der Waals surface area contributed by atoms with E-state index in [2.05, 4.69) is 16.9 Å². The maximum Gasteiger partial charge on any atom is 0.417 e. The van der Waals surface area contributed by atoms with Gasteiger partial charge >= 0.3 is 12.2 Å². The van der Waals surface area contributed by atoms with E-state index in [4.69, 9.17) is 15.5 Å². The number of halogens is 6. The zero-order valence-electron chi connectivity index (χ0n) is 28.2. The van der Waals surface area contributed by atoms with E-state index in [1.54, 1.807) is 6.07 Å². The zero-order chi connectivity index (χ0) is 36.7. The Kier molecular flexibility index (Phi) is 6.86. The third-order valence-electron chi connectivity index (χ3n) is 12.6. The predicted octanol–water partition coefficient (Wildman–Crippen LogP) is 6.46. The number of piperazine rings is 1. The van der Waals surface area contributed by atoms with E-state index < -0.39 is 62.2 Å². The van der Waals surface area contributed by atoms with Gasteiger partial charge in [0.05, 0.1) is 38.7 Å². The van der Waals surface area contributed by atoms with Crippen molar-refractivity contribution in [2.45, 2.75) is 87.6 Å². The summed E-state index contributed by atoms with van der Waals surface area (Å²) in [7, 11) is 0. The Morgan fingerprint density at radius 2 is 1.87 bits per heavy atom. The first-order valence-corrected chi connectivity index (χ1v) is 17.5. The normalized spacial score (nSPS) is 29.9. The van der Waals surface area contributed by atoms with Crippen LogP contribution in [0.1, 0.15) is 72.8 Å². The van der Waals surface area contributed by atoms with Gasteiger partial charge in [0.15, 0.2) is 5.82 Å². The molecule has 1 saturated carbocycles. The summed E-state index contributed by atoms with van der Waals surface area (Å²) < 4.78 is 97.4. The highest BCUT2D eigenvalue weighted by molar-refractivity contribution is 6.07. The van der Waals surface area contributed by atoms with Gasteiger partial charge in [-0.05, 0) is 69.2 Å². The molecule has 0 radical (unpaired) electrons. The summed E-state index contributed by atoms with van der Waals surface area (Å²) in [6, 6.07) is 4.28. The van der Waals surface area contributed by atoms with Gasteiger partial charge in [-0.3, -0.25) is 4.90 Å². The number of nitrogens with one attached hydrogen (secondary N) is 1. The molecule has 3 N–H and O–H groups in total. The number of nitrogens with zero attached hydrogens (tertiary/aromatic N) is 6. The Hall–Kier alpha value is -4.60. The van der Waals surface area contributed by atoms with Gasteiger partial charge in [-0.25, -0.2) is 13.2 Å². The van der Waals surface area contributed by atoms with E-state index in [-0.39, 0.29) is 84.6 Å². The molecule has 1 aromatic heterocycles. The average Bonchev–Trinajstić information content (AvgIpc) is 3.41. The second-order valence-corrected chi connectivity index (χ2v) is 15.6. The first-order chi connectivity index (χ1) is 24.6. The monoisotopic (exact) mass is 720 g/mol. The maximum atomic E-state index is 17.5. The van der Waals surface area contributed by atoms with Crippen molar-refractivity contribution in [2.75, 3.05) is 36.9 Å². The van der Waals surface area contributed by atoms with Crippen LogP contribution >= 0.6 is 0 Å². The molecule has 6 heterocycles. The Bertz CT molecular complexity index is 2210. The predicted molar refractivity (Wildman–Crippen MR) is 179 cm³/mol. The van der Waals surface area contributed by atoms with Crippen LogP contribution < -0.4 is 20.7 Å². The quantitative estimate of drug-likeness (QED) is 0.231. The lowest BCUT2D eigenvalue weighted by atomic mass is 9.83. The van der Waals surface area contributed by atoms with Crippen LogP contribution in [0.3, 0.4) is 0 Å². The van der Waals surface area contributed by atoms with Gasteiger partial charge in [0.1, 0.15) is 30.1 Å². The van der Waals surface area contributed by atoms with Gasteiger partial charge in [0.2, 0.25) is 0 Å². The van der Waals surface area contributed by atoms with E-state index in [1.165, 1.54) is 0 Å². The number of ether oxygens (including phenoxy) is 1. The highest BCUT2D eigenvalue weighted by Gasteiger charge is 2.77. The number of nitrogen functional groups attached to an aromatic ring is 1. The Morgan fingerprint density at radius 1 is 1.12 bits per heavy atom. The molecule has 5 atom stereocenters. The highest BCUT2D eigenvalue weighted by Crippen LogP contribution is 2.69. The van der Waals surface area contributed by atoms with Gasteiger partial charge in [-0.1, -0.05) is 6.58 Å². The van der Waals surface area contributed by atoms with Crippen LogP contribution in [0.4, 0.5) is 37.8 Å². The van der Waals surface area contributed by atoms with Crippen LogP contribution in [0, 0.1) is 40.8 Å². The van der Waals surface area contributed by atoms with Gasteiger partial charge in [-0.2, -0.15) is 33.7 Å². The largest absolute Gasteiger partial charge is 0.461 e. The van der Waals surface area contributed by atoms with Crippen molar-refractivity contribution in [3.63, 3.8) is 0 Å². The maximum absolute atomic E-state index is 17.5. The summed E-state index contributed by atoms with van der Waals surface area (Å²) in [5.41, 5.74) is -0.231. The summed E-state index contributed by atoms with van der Waals surface area (Å²) in [5.74, 6) is -3.76. The van der Waals surface area contributed by atoms with Gasteiger partial charge in [0, 0.05) is 54.3 Å². The fourth-order valence-electron chi connectivity index (χ4n) is 10.2. The molecular formula is C37H34F6N8O. The van der Waals surface area contributed by atoms with Crippen molar-refractivity contribution in [2.24, 2.45) is 5.41 Å². The molecule has 5 fully saturated rings. The first-order valence-electron chi connectivity index (χ1n) is 17.5. The smallest absolute Gasteiger partial charge is 0.417 e. The lowest BCUT2D eigenvalue weighted by Gasteiger charge is -2.41. The number of nitriles is 2. The summed E-state index contributed by atoms with van der Waals surface area (Å²) >= 11 is 0. The summed E-state index contributed by atoms with van der Waals surface area (Å²) in [5, 5.41) is 24.5. The standard InChI is InChI=1S/C37H34F6N8O/c1-17-9-24-23-5-4-19(47-23)12-51(24)32-28-25(17)21(11-45)27(26-20(10-44)22(46)8-18(2)29(26)37(41,42)43)30(38)31(28)48-33(49-32)52-16-35-6-3-7-50(35)15-34(13-35)14-36(34,39)40/h8,19,23-24,47H,1,3-7,9,12-16,46H2,2H3/t19-,23+,24-,34+,35+/m1/s1. The summed E-state index contributed by atoms with van der Waals surface area (Å²) in [4.78, 5) is 13.4. The summed E-state index contributed by atoms with van der Waals surface area (Å²) in [6.07, 6.45) is -1.58. The molecule has 2 aromatic carbocycles. The number of nitrogens with two attached hydrogens (primary N) is 1. The van der Waals surface area contributed by atoms with Crippen LogP contribution in [0.15, 0.2) is 12.6 Å². The number of fused-ring (bicyclic) bond motifs is 6. The van der Waals surface area contributed by atoms with Crippen LogP contribution in [-0.4, -0.2) is 70.7 Å². The molecule has 0 unspecified atom stereocenters. The van der Waals surface area contributed by atoms with Crippen molar-refractivity contribution in [1.29, 1.82) is 10.5 Å². The van der Waals surface area contributed by atoms with Crippen molar-refractivity contribution in [1.82, 2.24) is 20.2 Å². The number of aryl methyl sites for hydroxylation is 1. The first kappa shape index (κ1) is 33.3. The number of benzene rings is 2. The molecule has 52 heavy (non-hydrogen) atoms. The minimum atomic E-state index is -5.06. The number of alkyl halides is 5. The SMILES string of the molecule is C=C1C[C@@H]2[C@@H]3CC[C@H](CN2c2nc(OC[C@@]45CCCN4C[C@@]4(CC4(F)F)C5)nc4c(F)c(-c5c(C#N)c(N)cc(C)c5C(F)(F)F)c(C#N)c1c24)N3. The van der Waals surface area contributed by atoms with Gasteiger partial charge in [0.25, 0.3) is 5.92 Å². The molecule has 270 valence electrons. The third-order valence-corrected chi connectivity index (χ3v) is 12.6. The number of anilines is 2. The number of hydrogen-bond donors (Lipinski definition) is 2. The van der Waals surface area contributed by atoms with Crippen molar-refractivity contribution >= 4 is 28.0 Å². The van der Waals surface area contributed by atoms with Crippen molar-refractivity contribution in [3.05, 3.63) is 46.3 Å². The van der Waals surface area contributed by atoms with E-state index in [0.717, 1.165) is 32.3 Å². The van der Waals surface area contributed by atoms with Crippen molar-refractivity contribution < 1.29 is 31.1 Å². The molecule has 4 saturated heterocycles. The fraction of sp³-hybridized carbons (Fsp3) is 0.514. The molecule has 2 bridgehead atoms. The minimum absolute atomic E-state index is 0.00605. The minimum Gasteiger partial charge on any atom is -0.461 e. The van der Waals surface area contributed by atoms with Gasteiger partial charge < -0.3 is 20.7 Å². The molecule has 6 aliphatic rings. The molecule has 15 heteroatoms. The molecular weight excluding hydrogens is 686 g/mol. The van der Waals surface area contributed by atoms with Crippen LogP contribution in [-0.2, 0) is 6.18 Å². The summed E-state index contributed by atoms with van der Waals surface area (Å²) in [6.45, 7) is 6.76. The zero-order valence-corrected chi connectivity index (χ0v) is 28.2. The van der Waals surface area contributed by atoms with Crippen LogP contribution in [0.2, 0.25) is 0 Å². The molecule has 9 nitrogen and oxygen atoms in total. The molecule has 1 aliphatic carbocycles. The third kappa shape index (κ3) is 4.48. The molecule has 3 aromatic rings. The van der Waals surface area contributed by atoms with E-state index in [1.807, 2.05) is 15.9 Å². The van der Waals surface area contributed by atoms with E-state index in [9.17, 15) is 32.5 Å². The number of hydrogen-bond acceptors (Lipinski definition) is 9. The molecule has 9 rings (SSSR count). The number of rotatable bonds is 4. The number of aromatic nitrogens is 2. The molecule has 1 spiro atoms. The van der Waals surface area contributed by atoms with Crippen LogP contribution in [0.25, 0.3) is 27.6 Å². The topological polar surface area (TPSA) is 127 Å². The van der Waals surface area contributed by atoms with Crippen molar-refractivity contribution in [3.8, 4) is 29.3 Å². The van der Waals surface area contributed by atoms with E-state index in [0.29, 0.717) is 25.1 Å². The Morgan fingerprint density at radius 3 is 2.56 bits per heavy atom. The Labute approximate surface area is 295 Å². The van der Waals surface area contributed by atoms with Gasteiger partial charge in [-0.15, -0.1) is 0 Å². The fourth-order valence-corrected chi connectivity index (χ4v) is 10.2.